The summed E-state index contributed by atoms with van der Waals surface area (Å²) in [4.78, 5) is 29.5. The number of ether oxygens (including phenoxy) is 2. The average Bonchev–Trinajstić information content (AvgIpc) is 3.11. The predicted octanol–water partition coefficient (Wildman–Crippen LogP) is 5.69. The molecule has 8 nitrogen and oxygen atoms in total. The number of rotatable bonds is 3. The van der Waals surface area contributed by atoms with Crippen LogP contribution in [0.2, 0.25) is 5.02 Å². The maximum Gasteiger partial charge on any atom is 0.255 e. The van der Waals surface area contributed by atoms with Crippen molar-refractivity contribution in [1.29, 1.82) is 0 Å². The summed E-state index contributed by atoms with van der Waals surface area (Å²) < 4.78 is 13.9. The first-order chi connectivity index (χ1) is 19.5. The van der Waals surface area contributed by atoms with Gasteiger partial charge in [-0.3, -0.25) is 9.59 Å². The third-order valence-corrected chi connectivity index (χ3v) is 8.41. The molecule has 0 bridgehead atoms. The molecule has 2 aliphatic heterocycles. The molecule has 1 amide bonds. The largest absolute Gasteiger partial charge is 0.491 e. The standard InChI is InChI=1S/C31H29ClN4O4/c32-26-15-20(13-18-4-6-22(37)7-9-23(18)26)21-14-25-29(19-5-8-24-27(16-19)39-12-10-33-31(24)38)35-36(30(25)34-17-21)28-3-1-2-11-40-28/h5,8,13-17,28H,1-4,6-7,9-12H2,(H,33,38). The maximum absolute atomic E-state index is 12.5. The molecule has 4 aromatic rings. The number of Topliss-reactive ketones (excluding diaryl/α,β-unsaturated/α-hetero) is 1. The van der Waals surface area contributed by atoms with Crippen molar-refractivity contribution in [3.05, 3.63) is 64.3 Å². The van der Waals surface area contributed by atoms with Crippen molar-refractivity contribution >= 4 is 34.3 Å². The van der Waals surface area contributed by atoms with Gasteiger partial charge in [-0.05, 0) is 73.1 Å². The lowest BCUT2D eigenvalue weighted by molar-refractivity contribution is -0.118. The number of aryl methyl sites for hydroxylation is 1. The highest BCUT2D eigenvalue weighted by Gasteiger charge is 2.25. The summed E-state index contributed by atoms with van der Waals surface area (Å²) in [5.74, 6) is 0.678. The van der Waals surface area contributed by atoms with Gasteiger partial charge in [-0.2, -0.15) is 5.10 Å². The van der Waals surface area contributed by atoms with Gasteiger partial charge in [0.15, 0.2) is 11.9 Å². The summed E-state index contributed by atoms with van der Waals surface area (Å²) in [7, 11) is 0. The van der Waals surface area contributed by atoms with E-state index in [2.05, 4.69) is 17.4 Å². The second-order valence-electron chi connectivity index (χ2n) is 10.7. The molecule has 2 aromatic carbocycles. The van der Waals surface area contributed by atoms with E-state index in [1.54, 1.807) is 6.07 Å². The fraction of sp³-hybridized carbons (Fsp3) is 0.355. The van der Waals surface area contributed by atoms with Gasteiger partial charge in [-0.25, -0.2) is 9.67 Å². The highest BCUT2D eigenvalue weighted by atomic mass is 35.5. The number of benzene rings is 2. The molecule has 9 heteroatoms. The van der Waals surface area contributed by atoms with Gasteiger partial charge < -0.3 is 14.8 Å². The lowest BCUT2D eigenvalue weighted by atomic mass is 9.96. The van der Waals surface area contributed by atoms with Crippen LogP contribution in [0.3, 0.4) is 0 Å². The van der Waals surface area contributed by atoms with Crippen LogP contribution >= 0.6 is 11.6 Å². The Morgan fingerprint density at radius 3 is 2.73 bits per heavy atom. The van der Waals surface area contributed by atoms with Gasteiger partial charge in [-0.1, -0.05) is 23.7 Å². The fourth-order valence-corrected chi connectivity index (χ4v) is 6.27. The van der Waals surface area contributed by atoms with Crippen molar-refractivity contribution in [2.24, 2.45) is 0 Å². The van der Waals surface area contributed by atoms with Crippen LogP contribution in [0, 0.1) is 0 Å². The normalized spacial score (nSPS) is 19.3. The fourth-order valence-electron chi connectivity index (χ4n) is 5.94. The molecule has 1 aliphatic carbocycles. The van der Waals surface area contributed by atoms with Crippen LogP contribution in [0.15, 0.2) is 42.6 Å². The average molecular weight is 557 g/mol. The Bertz CT molecular complexity index is 1660. The van der Waals surface area contributed by atoms with Crippen LogP contribution in [0.25, 0.3) is 33.4 Å². The van der Waals surface area contributed by atoms with E-state index in [9.17, 15) is 9.59 Å². The second-order valence-corrected chi connectivity index (χ2v) is 11.1. The number of nitrogens with one attached hydrogen (secondary N) is 1. The zero-order valence-corrected chi connectivity index (χ0v) is 22.8. The number of fused-ring (bicyclic) bond motifs is 3. The molecular weight excluding hydrogens is 528 g/mol. The Morgan fingerprint density at radius 2 is 1.85 bits per heavy atom. The van der Waals surface area contributed by atoms with Gasteiger partial charge in [0, 0.05) is 47.2 Å². The summed E-state index contributed by atoms with van der Waals surface area (Å²) in [5, 5.41) is 9.45. The number of hydrogen-bond donors (Lipinski definition) is 1. The van der Waals surface area contributed by atoms with Crippen LogP contribution in [-0.4, -0.2) is 46.2 Å². The van der Waals surface area contributed by atoms with Gasteiger partial charge >= 0.3 is 0 Å². The van der Waals surface area contributed by atoms with Crippen LogP contribution < -0.4 is 10.1 Å². The van der Waals surface area contributed by atoms with Crippen molar-refractivity contribution in [3.63, 3.8) is 0 Å². The molecule has 1 atom stereocenters. The summed E-state index contributed by atoms with van der Waals surface area (Å²) in [6.45, 7) is 1.56. The first-order valence-corrected chi connectivity index (χ1v) is 14.3. The van der Waals surface area contributed by atoms with Gasteiger partial charge in [0.25, 0.3) is 5.91 Å². The van der Waals surface area contributed by atoms with Crippen LogP contribution in [0.5, 0.6) is 5.75 Å². The van der Waals surface area contributed by atoms with Crippen LogP contribution in [0.1, 0.15) is 59.8 Å². The van der Waals surface area contributed by atoms with Crippen molar-refractivity contribution in [2.45, 2.75) is 51.2 Å². The minimum absolute atomic E-state index is 0.143. The molecule has 1 saturated heterocycles. The molecule has 0 radical (unpaired) electrons. The third-order valence-electron chi connectivity index (χ3n) is 8.07. The first kappa shape index (κ1) is 25.2. The zero-order valence-electron chi connectivity index (χ0n) is 22.0. The van der Waals surface area contributed by atoms with Gasteiger partial charge in [0.05, 0.1) is 12.1 Å². The number of halogens is 1. The number of nitrogens with zero attached hydrogens (tertiary/aromatic N) is 3. The number of ketones is 1. The Kier molecular flexibility index (Phi) is 6.52. The Balaban J connectivity index is 1.37. The minimum Gasteiger partial charge on any atom is -0.491 e. The number of hydrogen-bond acceptors (Lipinski definition) is 6. The number of pyridine rings is 1. The number of amides is 1. The van der Waals surface area contributed by atoms with E-state index >= 15 is 0 Å². The lowest BCUT2D eigenvalue weighted by Crippen LogP contribution is -2.24. The monoisotopic (exact) mass is 556 g/mol. The number of carbonyl (C=O) groups is 2. The van der Waals surface area contributed by atoms with Crippen molar-refractivity contribution in [1.82, 2.24) is 20.1 Å². The molecule has 3 aliphatic rings. The second kappa shape index (κ2) is 10.3. The third kappa shape index (κ3) is 4.55. The predicted molar refractivity (Wildman–Crippen MR) is 152 cm³/mol. The lowest BCUT2D eigenvalue weighted by Gasteiger charge is -2.23. The van der Waals surface area contributed by atoms with E-state index < -0.39 is 0 Å². The summed E-state index contributed by atoms with van der Waals surface area (Å²) in [6.07, 6.45) is 7.10. The molecule has 204 valence electrons. The van der Waals surface area contributed by atoms with Crippen molar-refractivity contribution in [3.8, 4) is 28.1 Å². The molecule has 0 saturated carbocycles. The SMILES string of the molecule is O=C1CCc2cc(-c3cnc4c(c3)c(-c3ccc5c(c3)OCCNC5=O)nn4C3CCCCO3)cc(Cl)c2CC1. The molecule has 1 fully saturated rings. The van der Waals surface area contributed by atoms with Gasteiger partial charge in [-0.15, -0.1) is 0 Å². The van der Waals surface area contributed by atoms with E-state index in [0.29, 0.717) is 61.8 Å². The highest BCUT2D eigenvalue weighted by molar-refractivity contribution is 6.31. The molecule has 2 aromatic heterocycles. The topological polar surface area (TPSA) is 95.3 Å². The summed E-state index contributed by atoms with van der Waals surface area (Å²) in [6, 6.07) is 11.8. The first-order valence-electron chi connectivity index (χ1n) is 13.9. The Hall–Kier alpha value is -3.75. The van der Waals surface area contributed by atoms with Gasteiger partial charge in [0.1, 0.15) is 23.8 Å². The summed E-state index contributed by atoms with van der Waals surface area (Å²) in [5.41, 5.74) is 6.92. The molecular formula is C31H29ClN4O4. The molecule has 7 rings (SSSR count). The molecule has 0 spiro atoms. The van der Waals surface area contributed by atoms with E-state index in [4.69, 9.17) is 31.2 Å². The quantitative estimate of drug-likeness (QED) is 0.326. The zero-order chi connectivity index (χ0) is 27.2. The van der Waals surface area contributed by atoms with Crippen molar-refractivity contribution < 1.29 is 19.1 Å². The smallest absolute Gasteiger partial charge is 0.255 e. The molecule has 1 unspecified atom stereocenters. The van der Waals surface area contributed by atoms with Crippen LogP contribution in [0.4, 0.5) is 0 Å². The maximum atomic E-state index is 12.5. The highest BCUT2D eigenvalue weighted by Crippen LogP contribution is 2.38. The van der Waals surface area contributed by atoms with Crippen molar-refractivity contribution in [2.75, 3.05) is 19.8 Å². The molecule has 40 heavy (non-hydrogen) atoms. The van der Waals surface area contributed by atoms with E-state index in [0.717, 1.165) is 63.8 Å². The minimum atomic E-state index is -0.189. The molecule has 4 heterocycles. The number of carbonyl (C=O) groups excluding carboxylic acids is 2. The molecule has 1 N–H and O–H groups in total. The van der Waals surface area contributed by atoms with Gasteiger partial charge in [0.2, 0.25) is 0 Å². The summed E-state index contributed by atoms with van der Waals surface area (Å²) >= 11 is 6.75. The van der Waals surface area contributed by atoms with E-state index in [-0.39, 0.29) is 17.9 Å². The Labute approximate surface area is 236 Å². The van der Waals surface area contributed by atoms with E-state index in [1.165, 1.54) is 0 Å². The van der Waals surface area contributed by atoms with Crippen LogP contribution in [-0.2, 0) is 22.4 Å². The number of aromatic nitrogens is 3. The Morgan fingerprint density at radius 1 is 0.950 bits per heavy atom. The van der Waals surface area contributed by atoms with E-state index in [1.807, 2.05) is 29.1 Å².